The number of anilines is 1. The van der Waals surface area contributed by atoms with E-state index >= 15 is 0 Å². The van der Waals surface area contributed by atoms with Crippen LogP contribution in [0.1, 0.15) is 16.7 Å². The van der Waals surface area contributed by atoms with E-state index in [0.29, 0.717) is 5.69 Å². The number of amides is 2. The molecule has 0 radical (unpaired) electrons. The number of carbonyl (C=O) groups excluding carboxylic acids is 1. The number of carbonyl (C=O) groups is 1. The first kappa shape index (κ1) is 19.2. The second kappa shape index (κ2) is 6.74. The maximum absolute atomic E-state index is 14.3. The van der Waals surface area contributed by atoms with E-state index in [-0.39, 0.29) is 34.7 Å². The van der Waals surface area contributed by atoms with E-state index in [4.69, 9.17) is 11.6 Å². The molecular formula is C20H20ClFN2O3S. The van der Waals surface area contributed by atoms with Crippen molar-refractivity contribution in [3.05, 3.63) is 63.9 Å². The van der Waals surface area contributed by atoms with E-state index in [9.17, 15) is 17.6 Å². The Balaban J connectivity index is 1.77. The maximum Gasteiger partial charge on any atom is 0.325 e. The minimum absolute atomic E-state index is 0.0671. The van der Waals surface area contributed by atoms with Crippen LogP contribution in [0, 0.1) is 19.7 Å². The minimum atomic E-state index is -3.30. The molecule has 0 bridgehead atoms. The zero-order valence-corrected chi connectivity index (χ0v) is 17.1. The van der Waals surface area contributed by atoms with Gasteiger partial charge in [-0.2, -0.15) is 0 Å². The summed E-state index contributed by atoms with van der Waals surface area (Å²) in [5, 5.41) is 0.218. The predicted molar refractivity (Wildman–Crippen MR) is 107 cm³/mol. The van der Waals surface area contributed by atoms with Crippen LogP contribution in [-0.2, 0) is 16.4 Å². The lowest BCUT2D eigenvalue weighted by atomic mass is 10.1. The standard InChI is InChI=1S/C20H20ClFN2O3S/c1-12-6-13(2)8-14(7-12)24-19-11-28(26,27)10-18(19)23(20(24)25)9-15-16(21)4-3-5-17(15)22/h3-8,18-19H,9-11H2,1-2H3/t18-,19-/m1/s1. The van der Waals surface area contributed by atoms with E-state index in [0.717, 1.165) is 11.1 Å². The maximum atomic E-state index is 14.3. The van der Waals surface area contributed by atoms with Crippen molar-refractivity contribution in [3.63, 3.8) is 0 Å². The van der Waals surface area contributed by atoms with Crippen LogP contribution in [-0.4, -0.2) is 42.9 Å². The molecule has 2 fully saturated rings. The van der Waals surface area contributed by atoms with Crippen LogP contribution < -0.4 is 4.90 Å². The zero-order valence-electron chi connectivity index (χ0n) is 15.5. The van der Waals surface area contributed by atoms with Crippen LogP contribution in [0.25, 0.3) is 0 Å². The van der Waals surface area contributed by atoms with Gasteiger partial charge in [-0.1, -0.05) is 23.7 Å². The van der Waals surface area contributed by atoms with Crippen molar-refractivity contribution >= 4 is 33.2 Å². The molecule has 8 heteroatoms. The molecule has 2 aliphatic heterocycles. The number of rotatable bonds is 3. The van der Waals surface area contributed by atoms with E-state index in [2.05, 4.69) is 0 Å². The normalized spacial score (nSPS) is 23.4. The Labute approximate surface area is 168 Å². The summed E-state index contributed by atoms with van der Waals surface area (Å²) in [5.74, 6) is -0.739. The van der Waals surface area contributed by atoms with Gasteiger partial charge in [0, 0.05) is 16.3 Å². The van der Waals surface area contributed by atoms with Crippen molar-refractivity contribution in [1.82, 2.24) is 4.90 Å². The van der Waals surface area contributed by atoms with Gasteiger partial charge < -0.3 is 4.90 Å². The molecule has 2 aromatic carbocycles. The van der Waals surface area contributed by atoms with E-state index in [1.54, 1.807) is 11.0 Å². The molecule has 2 saturated heterocycles. The Morgan fingerprint density at radius 3 is 2.39 bits per heavy atom. The molecule has 5 nitrogen and oxygen atoms in total. The monoisotopic (exact) mass is 422 g/mol. The SMILES string of the molecule is Cc1cc(C)cc(N2C(=O)N(Cc3c(F)cccc3Cl)[C@@H]3CS(=O)(=O)C[C@H]32)c1. The molecule has 2 aromatic rings. The van der Waals surface area contributed by atoms with Gasteiger partial charge in [0.25, 0.3) is 0 Å². The first-order valence-corrected chi connectivity index (χ1v) is 11.2. The Bertz CT molecular complexity index is 1030. The largest absolute Gasteiger partial charge is 0.325 e. The van der Waals surface area contributed by atoms with Crippen LogP contribution in [0.4, 0.5) is 14.9 Å². The van der Waals surface area contributed by atoms with Crippen LogP contribution in [0.2, 0.25) is 5.02 Å². The molecule has 0 aromatic heterocycles. The number of benzene rings is 2. The molecule has 0 saturated carbocycles. The molecule has 0 aliphatic carbocycles. The first-order valence-electron chi connectivity index (χ1n) is 8.98. The predicted octanol–water partition coefficient (Wildman–Crippen LogP) is 3.70. The lowest BCUT2D eigenvalue weighted by Crippen LogP contribution is -2.37. The molecule has 2 heterocycles. The number of hydrogen-bond acceptors (Lipinski definition) is 3. The van der Waals surface area contributed by atoms with Crippen LogP contribution in [0.5, 0.6) is 0 Å². The lowest BCUT2D eigenvalue weighted by molar-refractivity contribution is 0.205. The number of sulfone groups is 1. The molecule has 2 atom stereocenters. The Morgan fingerprint density at radius 1 is 1.11 bits per heavy atom. The molecule has 4 rings (SSSR count). The Kier molecular flexibility index (Phi) is 4.62. The van der Waals surface area contributed by atoms with Gasteiger partial charge in [0.15, 0.2) is 9.84 Å². The quantitative estimate of drug-likeness (QED) is 0.708. The highest BCUT2D eigenvalue weighted by Gasteiger charge is 2.54. The molecule has 2 aliphatic rings. The van der Waals surface area contributed by atoms with Gasteiger partial charge in [0.1, 0.15) is 5.82 Å². The van der Waals surface area contributed by atoms with Crippen molar-refractivity contribution in [2.45, 2.75) is 32.5 Å². The summed E-state index contributed by atoms with van der Waals surface area (Å²) in [4.78, 5) is 16.3. The summed E-state index contributed by atoms with van der Waals surface area (Å²) >= 11 is 6.14. The summed E-state index contributed by atoms with van der Waals surface area (Å²) in [7, 11) is -3.30. The summed E-state index contributed by atoms with van der Waals surface area (Å²) in [5.41, 5.74) is 2.83. The molecular weight excluding hydrogens is 403 g/mol. The average molecular weight is 423 g/mol. The van der Waals surface area contributed by atoms with Crippen molar-refractivity contribution in [2.24, 2.45) is 0 Å². The fourth-order valence-corrected chi connectivity index (χ4v) is 6.38. The van der Waals surface area contributed by atoms with Gasteiger partial charge >= 0.3 is 6.03 Å². The molecule has 0 spiro atoms. The summed E-state index contributed by atoms with van der Waals surface area (Å²) in [6, 6.07) is 8.71. The highest BCUT2D eigenvalue weighted by Crippen LogP contribution is 2.37. The van der Waals surface area contributed by atoms with Gasteiger partial charge in [-0.3, -0.25) is 4.90 Å². The van der Waals surface area contributed by atoms with Crippen molar-refractivity contribution < 1.29 is 17.6 Å². The fraction of sp³-hybridized carbons (Fsp3) is 0.350. The zero-order chi connectivity index (χ0) is 20.2. The number of hydrogen-bond donors (Lipinski definition) is 0. The van der Waals surface area contributed by atoms with Crippen molar-refractivity contribution in [1.29, 1.82) is 0 Å². The minimum Gasteiger partial charge on any atom is -0.314 e. The van der Waals surface area contributed by atoms with Crippen molar-refractivity contribution in [3.8, 4) is 0 Å². The smallest absolute Gasteiger partial charge is 0.314 e. The molecule has 0 unspecified atom stereocenters. The summed E-state index contributed by atoms with van der Waals surface area (Å²) in [6.45, 7) is 3.79. The third kappa shape index (κ3) is 3.26. The van der Waals surface area contributed by atoms with E-state index in [1.807, 2.05) is 32.0 Å². The third-order valence-corrected chi connectivity index (χ3v) is 7.40. The Morgan fingerprint density at radius 2 is 1.75 bits per heavy atom. The van der Waals surface area contributed by atoms with E-state index < -0.39 is 27.7 Å². The number of nitrogens with zero attached hydrogens (tertiary/aromatic N) is 2. The second-order valence-electron chi connectivity index (χ2n) is 7.54. The molecule has 148 valence electrons. The Hall–Kier alpha value is -2.12. The van der Waals surface area contributed by atoms with Gasteiger partial charge in [-0.25, -0.2) is 17.6 Å². The van der Waals surface area contributed by atoms with Gasteiger partial charge in [-0.05, 0) is 49.2 Å². The highest BCUT2D eigenvalue weighted by atomic mass is 35.5. The average Bonchev–Trinajstić information content (AvgIpc) is 3.00. The summed E-state index contributed by atoms with van der Waals surface area (Å²) in [6.07, 6.45) is 0. The fourth-order valence-electron chi connectivity index (χ4n) is 4.21. The lowest BCUT2D eigenvalue weighted by Gasteiger charge is -2.23. The second-order valence-corrected chi connectivity index (χ2v) is 10.1. The van der Waals surface area contributed by atoms with Gasteiger partial charge in [0.05, 0.1) is 30.1 Å². The van der Waals surface area contributed by atoms with Crippen LogP contribution >= 0.6 is 11.6 Å². The first-order chi connectivity index (χ1) is 13.2. The van der Waals surface area contributed by atoms with Crippen molar-refractivity contribution in [2.75, 3.05) is 16.4 Å². The van der Waals surface area contributed by atoms with Crippen LogP contribution in [0.3, 0.4) is 0 Å². The number of urea groups is 1. The topological polar surface area (TPSA) is 57.7 Å². The number of aryl methyl sites for hydroxylation is 2. The third-order valence-electron chi connectivity index (χ3n) is 5.35. The van der Waals surface area contributed by atoms with E-state index in [1.165, 1.54) is 17.0 Å². The number of fused-ring (bicyclic) bond motifs is 1. The highest BCUT2D eigenvalue weighted by molar-refractivity contribution is 7.91. The van der Waals surface area contributed by atoms with Crippen LogP contribution in [0.15, 0.2) is 36.4 Å². The van der Waals surface area contributed by atoms with Gasteiger partial charge in [0.2, 0.25) is 0 Å². The molecule has 0 N–H and O–H groups in total. The molecule has 2 amide bonds. The molecule has 28 heavy (non-hydrogen) atoms. The van der Waals surface area contributed by atoms with Gasteiger partial charge in [-0.15, -0.1) is 0 Å². The number of halogens is 2. The summed E-state index contributed by atoms with van der Waals surface area (Å²) < 4.78 is 39.0.